The van der Waals surface area contributed by atoms with E-state index in [4.69, 9.17) is 10.3 Å². The Hall–Kier alpha value is -2.88. The largest absolute Gasteiger partial charge is 0.364 e. The molecule has 0 spiro atoms. The van der Waals surface area contributed by atoms with Gasteiger partial charge in [0.1, 0.15) is 11.8 Å². The lowest BCUT2D eigenvalue weighted by atomic mass is 9.97. The average molecular weight is 420 g/mol. The van der Waals surface area contributed by atoms with Crippen LogP contribution < -0.4 is 11.1 Å². The maximum absolute atomic E-state index is 12.2. The van der Waals surface area contributed by atoms with E-state index in [9.17, 15) is 13.6 Å². The maximum Gasteiger partial charge on any atom is 0.256 e. The molecule has 0 bridgehead atoms. The molecule has 4 rings (SSSR count). The topological polar surface area (TPSA) is 111 Å². The fraction of sp³-hybridized carbons (Fsp3) is 0.500. The Morgan fingerprint density at radius 3 is 2.67 bits per heavy atom. The smallest absolute Gasteiger partial charge is 0.256 e. The SMILES string of the molecule is Cc1nocc1C(=O)NCc1cn2ncc(C(C)N)cc2n1.FC1(F)CCCCC1. The second kappa shape index (κ2) is 9.29. The molecule has 162 valence electrons. The Bertz CT molecular complexity index is 990. The zero-order valence-electron chi connectivity index (χ0n) is 17.1. The number of hydrogen-bond acceptors (Lipinski definition) is 6. The highest BCUT2D eigenvalue weighted by Gasteiger charge is 2.30. The highest BCUT2D eigenvalue weighted by Crippen LogP contribution is 2.32. The summed E-state index contributed by atoms with van der Waals surface area (Å²) in [4.78, 5) is 16.4. The van der Waals surface area contributed by atoms with Crippen molar-refractivity contribution < 1.29 is 18.1 Å². The van der Waals surface area contributed by atoms with E-state index in [0.717, 1.165) is 12.0 Å². The third-order valence-corrected chi connectivity index (χ3v) is 4.93. The van der Waals surface area contributed by atoms with E-state index in [1.54, 1.807) is 23.8 Å². The first-order valence-electron chi connectivity index (χ1n) is 9.92. The molecule has 8 nitrogen and oxygen atoms in total. The molecule has 1 saturated carbocycles. The molecule has 30 heavy (non-hydrogen) atoms. The number of nitrogens with zero attached hydrogens (tertiary/aromatic N) is 4. The van der Waals surface area contributed by atoms with E-state index in [0.29, 0.717) is 42.0 Å². The number of amides is 1. The molecule has 3 aromatic heterocycles. The fourth-order valence-corrected chi connectivity index (χ4v) is 3.12. The van der Waals surface area contributed by atoms with Gasteiger partial charge in [-0.3, -0.25) is 4.79 Å². The van der Waals surface area contributed by atoms with E-state index in [1.807, 2.05) is 13.0 Å². The highest BCUT2D eigenvalue weighted by molar-refractivity contribution is 5.94. The highest BCUT2D eigenvalue weighted by atomic mass is 19.3. The van der Waals surface area contributed by atoms with Crippen LogP contribution in [0, 0.1) is 6.92 Å². The first-order valence-corrected chi connectivity index (χ1v) is 9.92. The van der Waals surface area contributed by atoms with Gasteiger partial charge in [0.15, 0.2) is 5.65 Å². The number of fused-ring (bicyclic) bond motifs is 1. The van der Waals surface area contributed by atoms with Crippen LogP contribution in [-0.2, 0) is 6.54 Å². The first-order chi connectivity index (χ1) is 14.2. The lowest BCUT2D eigenvalue weighted by Gasteiger charge is -2.20. The first kappa shape index (κ1) is 21.8. The van der Waals surface area contributed by atoms with Gasteiger partial charge < -0.3 is 15.6 Å². The van der Waals surface area contributed by atoms with Crippen molar-refractivity contribution in [3.8, 4) is 0 Å². The number of imidazole rings is 1. The quantitative estimate of drug-likeness (QED) is 0.668. The second-order valence-electron chi connectivity index (χ2n) is 7.53. The monoisotopic (exact) mass is 420 g/mol. The average Bonchev–Trinajstić information content (AvgIpc) is 3.31. The zero-order chi connectivity index (χ0) is 21.7. The summed E-state index contributed by atoms with van der Waals surface area (Å²) in [5.41, 5.74) is 9.11. The standard InChI is InChI=1S/C14H16N6O2.C6H10F2/c1-8(15)10-3-13-18-11(6-20(13)17-4-10)5-16-14(21)12-7-22-19-9(12)2;7-6(8)4-2-1-3-5-6/h3-4,6-8H,5,15H2,1-2H3,(H,16,21);1-5H2. The van der Waals surface area contributed by atoms with Crippen LogP contribution in [0.5, 0.6) is 0 Å². The van der Waals surface area contributed by atoms with Crippen LogP contribution >= 0.6 is 0 Å². The molecule has 1 aliphatic carbocycles. The van der Waals surface area contributed by atoms with E-state index in [2.05, 4.69) is 20.6 Å². The molecule has 0 aromatic carbocycles. The number of alkyl halides is 2. The van der Waals surface area contributed by atoms with Crippen LogP contribution in [0.25, 0.3) is 5.65 Å². The van der Waals surface area contributed by atoms with Crippen LogP contribution in [0.4, 0.5) is 8.78 Å². The Kier molecular flexibility index (Phi) is 6.76. The summed E-state index contributed by atoms with van der Waals surface area (Å²) in [6.45, 7) is 3.89. The number of rotatable bonds is 4. The Morgan fingerprint density at radius 2 is 2.10 bits per heavy atom. The normalized spacial score (nSPS) is 16.6. The van der Waals surface area contributed by atoms with Crippen LogP contribution in [0.15, 0.2) is 29.2 Å². The second-order valence-corrected chi connectivity index (χ2v) is 7.53. The molecule has 1 amide bonds. The van der Waals surface area contributed by atoms with Crippen molar-refractivity contribution in [3.05, 3.63) is 47.2 Å². The number of carbonyl (C=O) groups excluding carboxylic acids is 1. The molecule has 0 aliphatic heterocycles. The number of nitrogens with two attached hydrogens (primary N) is 1. The molecule has 0 radical (unpaired) electrons. The summed E-state index contributed by atoms with van der Waals surface area (Å²) in [6, 6.07) is 1.78. The van der Waals surface area contributed by atoms with E-state index < -0.39 is 5.92 Å². The van der Waals surface area contributed by atoms with Crippen molar-refractivity contribution in [1.82, 2.24) is 25.1 Å². The van der Waals surface area contributed by atoms with Gasteiger partial charge in [-0.15, -0.1) is 0 Å². The van der Waals surface area contributed by atoms with Crippen LogP contribution in [0.2, 0.25) is 0 Å². The summed E-state index contributed by atoms with van der Waals surface area (Å²) in [5, 5.41) is 10.7. The minimum Gasteiger partial charge on any atom is -0.364 e. The lowest BCUT2D eigenvalue weighted by molar-refractivity contribution is -0.0337. The van der Waals surface area contributed by atoms with Gasteiger partial charge in [0, 0.05) is 18.9 Å². The van der Waals surface area contributed by atoms with E-state index >= 15 is 0 Å². The minimum atomic E-state index is -2.32. The fourth-order valence-electron chi connectivity index (χ4n) is 3.12. The lowest BCUT2D eigenvalue weighted by Crippen LogP contribution is -2.23. The van der Waals surface area contributed by atoms with Crippen molar-refractivity contribution in [3.63, 3.8) is 0 Å². The van der Waals surface area contributed by atoms with Crippen molar-refractivity contribution in [1.29, 1.82) is 0 Å². The number of carbonyl (C=O) groups is 1. The van der Waals surface area contributed by atoms with E-state index in [-0.39, 0.29) is 24.8 Å². The molecule has 3 N–H and O–H groups in total. The minimum absolute atomic E-state index is 0.103. The molecule has 1 unspecified atom stereocenters. The molecule has 1 aliphatic rings. The maximum atomic E-state index is 12.2. The van der Waals surface area contributed by atoms with Crippen LogP contribution in [0.3, 0.4) is 0 Å². The number of aryl methyl sites for hydroxylation is 1. The Balaban J connectivity index is 0.000000269. The van der Waals surface area contributed by atoms with Gasteiger partial charge in [-0.25, -0.2) is 18.3 Å². The molecule has 10 heteroatoms. The van der Waals surface area contributed by atoms with Crippen LogP contribution in [-0.4, -0.2) is 31.6 Å². The molecule has 3 heterocycles. The molecular weight excluding hydrogens is 394 g/mol. The van der Waals surface area contributed by atoms with Gasteiger partial charge in [-0.2, -0.15) is 5.10 Å². The van der Waals surface area contributed by atoms with E-state index in [1.165, 1.54) is 6.26 Å². The number of aromatic nitrogens is 4. The number of hydrogen-bond donors (Lipinski definition) is 2. The predicted molar refractivity (Wildman–Crippen MR) is 106 cm³/mol. The molecule has 1 atom stereocenters. The molecule has 0 saturated heterocycles. The van der Waals surface area contributed by atoms with Crippen LogP contribution in [0.1, 0.15) is 72.4 Å². The van der Waals surface area contributed by atoms with Crippen molar-refractivity contribution in [2.75, 3.05) is 0 Å². The summed E-state index contributed by atoms with van der Waals surface area (Å²) in [5.74, 6) is -2.57. The van der Waals surface area contributed by atoms with Crippen molar-refractivity contribution in [2.24, 2.45) is 5.73 Å². The summed E-state index contributed by atoms with van der Waals surface area (Å²) < 4.78 is 30.8. The summed E-state index contributed by atoms with van der Waals surface area (Å²) in [6.07, 6.45) is 7.46. The van der Waals surface area contributed by atoms with Gasteiger partial charge >= 0.3 is 0 Å². The zero-order valence-corrected chi connectivity index (χ0v) is 17.1. The van der Waals surface area contributed by atoms with Crippen molar-refractivity contribution >= 4 is 11.6 Å². The van der Waals surface area contributed by atoms with Gasteiger partial charge in [-0.1, -0.05) is 11.6 Å². The third kappa shape index (κ3) is 5.59. The van der Waals surface area contributed by atoms with Gasteiger partial charge in [0.05, 0.1) is 30.3 Å². The summed E-state index contributed by atoms with van der Waals surface area (Å²) >= 11 is 0. The predicted octanol–water partition coefficient (Wildman–Crippen LogP) is 3.56. The van der Waals surface area contributed by atoms with Gasteiger partial charge in [-0.05, 0) is 38.3 Å². The van der Waals surface area contributed by atoms with Crippen molar-refractivity contribution in [2.45, 2.75) is 64.5 Å². The molecule has 3 aromatic rings. The summed E-state index contributed by atoms with van der Waals surface area (Å²) in [7, 11) is 0. The molecule has 1 fully saturated rings. The van der Waals surface area contributed by atoms with Gasteiger partial charge in [0.25, 0.3) is 5.91 Å². The third-order valence-electron chi connectivity index (χ3n) is 4.93. The Labute approximate surface area is 172 Å². The number of nitrogens with one attached hydrogen (secondary N) is 1. The van der Waals surface area contributed by atoms with Gasteiger partial charge in [0.2, 0.25) is 5.92 Å². The molecular formula is C20H26F2N6O2. The Morgan fingerprint density at radius 1 is 1.37 bits per heavy atom. The number of halogens is 2.